The van der Waals surface area contributed by atoms with Gasteiger partial charge in [0.15, 0.2) is 0 Å². The summed E-state index contributed by atoms with van der Waals surface area (Å²) in [7, 11) is 0. The molecule has 1 unspecified atom stereocenters. The van der Waals surface area contributed by atoms with Crippen molar-refractivity contribution in [3.63, 3.8) is 0 Å². The van der Waals surface area contributed by atoms with E-state index in [1.165, 1.54) is 0 Å². The van der Waals surface area contributed by atoms with Crippen LogP contribution in [0.25, 0.3) is 10.2 Å². The van der Waals surface area contributed by atoms with Gasteiger partial charge in [0.25, 0.3) is 5.91 Å². The van der Waals surface area contributed by atoms with Crippen molar-refractivity contribution in [1.82, 2.24) is 14.8 Å². The lowest BCUT2D eigenvalue weighted by Crippen LogP contribution is -2.41. The second-order valence-corrected chi connectivity index (χ2v) is 9.04. The normalized spacial score (nSPS) is 24.5. The topological polar surface area (TPSA) is 56.4 Å². The molecular weight excluding hydrogens is 346 g/mol. The fraction of sp³-hybridized carbons (Fsp3) is 0.600. The first-order valence-corrected chi connectivity index (χ1v) is 10.7. The standard InChI is InChI=1S/C20H25N3O2S/c24-19(14-1-2-14)22-7-3-13(4-8-22)16-5-9-23(12-16)20(25)17-11-15-6-10-26-18(15)21-17/h6,10-11,13-14,16,21H,1-5,7-9,12H2. The number of nitrogens with one attached hydrogen (secondary N) is 1. The molecule has 1 aliphatic carbocycles. The SMILES string of the molecule is O=C(c1cc2ccsc2[nH]1)N1CCC(C2CCN(C(=O)C3CC3)CC2)C1. The maximum absolute atomic E-state index is 12.8. The molecule has 2 aliphatic heterocycles. The predicted molar refractivity (Wildman–Crippen MR) is 102 cm³/mol. The Kier molecular flexibility index (Phi) is 4.03. The van der Waals surface area contributed by atoms with Crippen molar-refractivity contribution in [2.24, 2.45) is 17.8 Å². The van der Waals surface area contributed by atoms with Crippen LogP contribution in [0.15, 0.2) is 17.5 Å². The van der Waals surface area contributed by atoms with Crippen LogP contribution in [-0.4, -0.2) is 52.8 Å². The van der Waals surface area contributed by atoms with Gasteiger partial charge in [-0.25, -0.2) is 0 Å². The Labute approximate surface area is 157 Å². The van der Waals surface area contributed by atoms with Crippen molar-refractivity contribution >= 4 is 33.4 Å². The number of fused-ring (bicyclic) bond motifs is 1. The molecule has 1 saturated carbocycles. The van der Waals surface area contributed by atoms with Crippen LogP contribution in [0.2, 0.25) is 0 Å². The summed E-state index contributed by atoms with van der Waals surface area (Å²) in [4.78, 5) is 33.5. The Morgan fingerprint density at radius 2 is 1.73 bits per heavy atom. The number of H-pyrrole nitrogens is 1. The number of aromatic amines is 1. The van der Waals surface area contributed by atoms with E-state index in [0.29, 0.717) is 23.7 Å². The number of aromatic nitrogens is 1. The number of nitrogens with zero attached hydrogens (tertiary/aromatic N) is 2. The number of hydrogen-bond acceptors (Lipinski definition) is 3. The molecule has 2 amide bonds. The number of hydrogen-bond donors (Lipinski definition) is 1. The van der Waals surface area contributed by atoms with E-state index in [1.807, 2.05) is 16.3 Å². The van der Waals surface area contributed by atoms with Crippen LogP contribution in [-0.2, 0) is 4.79 Å². The summed E-state index contributed by atoms with van der Waals surface area (Å²) in [5.41, 5.74) is 0.720. The average Bonchev–Trinajstić information content (AvgIpc) is 3.06. The molecule has 2 aromatic rings. The molecule has 6 heteroatoms. The van der Waals surface area contributed by atoms with Gasteiger partial charge in [0.2, 0.25) is 5.91 Å². The minimum Gasteiger partial charge on any atom is -0.342 e. The van der Waals surface area contributed by atoms with Crippen LogP contribution in [0.3, 0.4) is 0 Å². The van der Waals surface area contributed by atoms with Gasteiger partial charge < -0.3 is 14.8 Å². The third kappa shape index (κ3) is 2.94. The van der Waals surface area contributed by atoms with E-state index in [9.17, 15) is 9.59 Å². The summed E-state index contributed by atoms with van der Waals surface area (Å²) in [6.45, 7) is 3.55. The van der Waals surface area contributed by atoms with Gasteiger partial charge in [-0.2, -0.15) is 0 Å². The Bertz CT molecular complexity index is 801. The van der Waals surface area contributed by atoms with Crippen molar-refractivity contribution < 1.29 is 9.59 Å². The monoisotopic (exact) mass is 371 g/mol. The van der Waals surface area contributed by atoms with E-state index < -0.39 is 0 Å². The zero-order chi connectivity index (χ0) is 17.7. The van der Waals surface area contributed by atoms with Crippen molar-refractivity contribution in [3.8, 4) is 0 Å². The summed E-state index contributed by atoms with van der Waals surface area (Å²) < 4.78 is 0. The number of thiophene rings is 1. The van der Waals surface area contributed by atoms with Crippen LogP contribution in [0.5, 0.6) is 0 Å². The molecule has 1 atom stereocenters. The molecule has 0 aromatic carbocycles. The molecule has 5 nitrogen and oxygen atoms in total. The summed E-state index contributed by atoms with van der Waals surface area (Å²) in [6, 6.07) is 4.03. The van der Waals surface area contributed by atoms with Gasteiger partial charge >= 0.3 is 0 Å². The highest BCUT2D eigenvalue weighted by molar-refractivity contribution is 7.16. The van der Waals surface area contributed by atoms with E-state index in [-0.39, 0.29) is 5.91 Å². The molecule has 4 heterocycles. The summed E-state index contributed by atoms with van der Waals surface area (Å²) in [5, 5.41) is 3.17. The summed E-state index contributed by atoms with van der Waals surface area (Å²) >= 11 is 1.64. The maximum atomic E-state index is 12.8. The molecule has 26 heavy (non-hydrogen) atoms. The lowest BCUT2D eigenvalue weighted by Gasteiger charge is -2.35. The molecule has 0 bridgehead atoms. The number of amides is 2. The first-order valence-electron chi connectivity index (χ1n) is 9.83. The van der Waals surface area contributed by atoms with Gasteiger partial charge in [-0.05, 0) is 61.5 Å². The van der Waals surface area contributed by atoms with Gasteiger partial charge in [0.1, 0.15) is 10.5 Å². The zero-order valence-electron chi connectivity index (χ0n) is 14.9. The molecule has 138 valence electrons. The second-order valence-electron chi connectivity index (χ2n) is 8.12. The van der Waals surface area contributed by atoms with Gasteiger partial charge in [-0.3, -0.25) is 9.59 Å². The molecule has 3 fully saturated rings. The Morgan fingerprint density at radius 3 is 2.46 bits per heavy atom. The van der Waals surface area contributed by atoms with E-state index >= 15 is 0 Å². The summed E-state index contributed by atoms with van der Waals surface area (Å²) in [6.07, 6.45) is 5.48. The molecule has 0 spiro atoms. The molecule has 2 aromatic heterocycles. The summed E-state index contributed by atoms with van der Waals surface area (Å²) in [5.74, 6) is 2.11. The average molecular weight is 372 g/mol. The van der Waals surface area contributed by atoms with Crippen LogP contribution < -0.4 is 0 Å². The highest BCUT2D eigenvalue weighted by Crippen LogP contribution is 2.36. The molecule has 3 aliphatic rings. The fourth-order valence-electron chi connectivity index (χ4n) is 4.67. The minimum absolute atomic E-state index is 0.136. The number of carbonyl (C=O) groups is 2. The van der Waals surface area contributed by atoms with Crippen molar-refractivity contribution in [3.05, 3.63) is 23.2 Å². The van der Waals surface area contributed by atoms with Crippen molar-refractivity contribution in [2.45, 2.75) is 32.1 Å². The number of piperidine rings is 1. The largest absolute Gasteiger partial charge is 0.342 e. The van der Waals surface area contributed by atoms with E-state index in [0.717, 1.165) is 74.2 Å². The molecular formula is C20H25N3O2S. The Hall–Kier alpha value is -1.82. The predicted octanol–water partition coefficient (Wildman–Crippen LogP) is 3.34. The highest BCUT2D eigenvalue weighted by Gasteiger charge is 2.38. The van der Waals surface area contributed by atoms with E-state index in [4.69, 9.17) is 0 Å². The van der Waals surface area contributed by atoms with Gasteiger partial charge in [-0.1, -0.05) is 0 Å². The maximum Gasteiger partial charge on any atom is 0.270 e. The van der Waals surface area contributed by atoms with Crippen molar-refractivity contribution in [2.75, 3.05) is 26.2 Å². The Balaban J connectivity index is 1.17. The Morgan fingerprint density at radius 1 is 1.00 bits per heavy atom. The van der Waals surface area contributed by atoms with Crippen LogP contribution in [0.4, 0.5) is 0 Å². The van der Waals surface area contributed by atoms with Crippen molar-refractivity contribution in [1.29, 1.82) is 0 Å². The van der Waals surface area contributed by atoms with Gasteiger partial charge in [-0.15, -0.1) is 11.3 Å². The molecule has 1 N–H and O–H groups in total. The quantitative estimate of drug-likeness (QED) is 0.900. The lowest BCUT2D eigenvalue weighted by atomic mass is 9.83. The molecule has 2 saturated heterocycles. The molecule has 5 rings (SSSR count). The zero-order valence-corrected chi connectivity index (χ0v) is 15.8. The number of carbonyl (C=O) groups excluding carboxylic acids is 2. The van der Waals surface area contributed by atoms with Crippen LogP contribution in [0.1, 0.15) is 42.6 Å². The van der Waals surface area contributed by atoms with Crippen LogP contribution >= 0.6 is 11.3 Å². The first-order chi connectivity index (χ1) is 12.7. The number of rotatable bonds is 3. The third-order valence-electron chi connectivity index (χ3n) is 6.43. The minimum atomic E-state index is 0.136. The van der Waals surface area contributed by atoms with E-state index in [1.54, 1.807) is 11.3 Å². The first kappa shape index (κ1) is 16.4. The third-order valence-corrected chi connectivity index (χ3v) is 7.28. The van der Waals surface area contributed by atoms with E-state index in [2.05, 4.69) is 16.0 Å². The second kappa shape index (κ2) is 6.41. The van der Waals surface area contributed by atoms with Crippen LogP contribution in [0, 0.1) is 17.8 Å². The highest BCUT2D eigenvalue weighted by atomic mass is 32.1. The smallest absolute Gasteiger partial charge is 0.270 e. The number of likely N-dealkylation sites (tertiary alicyclic amines) is 2. The van der Waals surface area contributed by atoms with Gasteiger partial charge in [0.05, 0.1) is 0 Å². The fourth-order valence-corrected chi connectivity index (χ4v) is 5.45. The van der Waals surface area contributed by atoms with Gasteiger partial charge in [0, 0.05) is 37.5 Å². The molecule has 0 radical (unpaired) electrons. The lowest BCUT2D eigenvalue weighted by molar-refractivity contribution is -0.134.